The fraction of sp³-hybridized carbons (Fsp3) is 0.196. The van der Waals surface area contributed by atoms with Crippen molar-refractivity contribution in [1.82, 2.24) is 0 Å². The SMILES string of the molecule is CC(C)(C)c1cc2c(cc1-c1ccccc1)Cc1c-2cc(C(C)(C)C)c(-c2ccccc2)[c]1[Zr+2](=[C](c1ccccc1)c1ccc(Cl)cc1)[CH]1C=CC=C1.[Cl-].[Cl-]. The van der Waals surface area contributed by atoms with Gasteiger partial charge >= 0.3 is 331 Å². The van der Waals surface area contributed by atoms with Gasteiger partial charge in [-0.3, -0.25) is 0 Å². The summed E-state index contributed by atoms with van der Waals surface area (Å²) in [6, 6.07) is 49.9. The number of rotatable bonds is 6. The van der Waals surface area contributed by atoms with Crippen LogP contribution in [-0.4, -0.2) is 3.21 Å². The van der Waals surface area contributed by atoms with Gasteiger partial charge in [0.2, 0.25) is 0 Å². The molecule has 0 spiro atoms. The Kier molecular flexibility index (Phi) is 12.3. The molecule has 8 rings (SSSR count). The molecule has 4 heteroatoms. The number of hydrogen-bond donors (Lipinski definition) is 0. The van der Waals surface area contributed by atoms with Crippen molar-refractivity contribution in [2.24, 2.45) is 0 Å². The van der Waals surface area contributed by atoms with Crippen molar-refractivity contribution in [3.8, 4) is 33.4 Å². The molecule has 0 nitrogen and oxygen atoms in total. The number of allylic oxidation sites excluding steroid dienone is 4. The molecule has 276 valence electrons. The maximum absolute atomic E-state index is 6.58. The Bertz CT molecular complexity index is 2400. The van der Waals surface area contributed by atoms with Gasteiger partial charge in [-0.1, -0.05) is 0 Å². The third kappa shape index (κ3) is 8.02. The van der Waals surface area contributed by atoms with E-state index in [9.17, 15) is 0 Å². The molecule has 0 fully saturated rings. The van der Waals surface area contributed by atoms with E-state index in [1.807, 2.05) is 0 Å². The molecule has 0 N–H and O–H groups in total. The Morgan fingerprint density at radius 1 is 0.564 bits per heavy atom. The fourth-order valence-corrected chi connectivity index (χ4v) is 17.3. The number of fused-ring (bicyclic) bond motifs is 3. The molecule has 0 amide bonds. The van der Waals surface area contributed by atoms with Crippen LogP contribution >= 0.6 is 11.6 Å². The number of halogens is 3. The number of benzene rings is 6. The third-order valence-electron chi connectivity index (χ3n) is 10.9. The molecule has 0 saturated carbocycles. The standard InChI is InChI=1S/C33H33.C13H9Cl.C5H5.2ClH.Zr/c1-32(2,3)30-20-26-24(18-28(30)22-13-9-7-10-14-22)17-25-19-29(23-15-11-8-12-16-23)31(21-27(25)26)33(4,5)6;14-13-8-6-12(7-9-13)10-11-4-2-1-3-5-11;1-2-4-5-3-1;;;/h7-16,18,20-21H,17H2,1-6H3;1-9H;1-5H;2*1H;/q;;;;;+2/p-2. The van der Waals surface area contributed by atoms with Gasteiger partial charge in [0.15, 0.2) is 0 Å². The van der Waals surface area contributed by atoms with E-state index in [1.54, 1.807) is 3.27 Å². The molecule has 0 aliphatic heterocycles. The molecule has 0 radical (unpaired) electrons. The van der Waals surface area contributed by atoms with Gasteiger partial charge in [0, 0.05) is 0 Å². The van der Waals surface area contributed by atoms with E-state index < -0.39 is 21.3 Å². The topological polar surface area (TPSA) is 0 Å². The van der Waals surface area contributed by atoms with Crippen molar-refractivity contribution in [1.29, 1.82) is 0 Å². The van der Waals surface area contributed by atoms with Gasteiger partial charge in [-0.15, -0.1) is 0 Å². The van der Waals surface area contributed by atoms with Crippen LogP contribution in [0.3, 0.4) is 0 Å². The summed E-state index contributed by atoms with van der Waals surface area (Å²) >= 11 is 3.55. The van der Waals surface area contributed by atoms with Crippen molar-refractivity contribution in [2.75, 3.05) is 0 Å². The van der Waals surface area contributed by atoms with Crippen molar-refractivity contribution >= 4 is 18.1 Å². The minimum Gasteiger partial charge on any atom is -1.00 e. The van der Waals surface area contributed by atoms with Gasteiger partial charge in [-0.2, -0.15) is 0 Å². The van der Waals surface area contributed by atoms with Crippen LogP contribution in [-0.2, 0) is 38.5 Å². The molecule has 0 bridgehead atoms. The van der Waals surface area contributed by atoms with Crippen LogP contribution in [0.1, 0.15) is 74.9 Å². The number of hydrogen-bond acceptors (Lipinski definition) is 0. The van der Waals surface area contributed by atoms with Crippen LogP contribution in [0.2, 0.25) is 8.65 Å². The summed E-state index contributed by atoms with van der Waals surface area (Å²) in [5.74, 6) is 0. The van der Waals surface area contributed by atoms with E-state index in [2.05, 4.69) is 199 Å². The Morgan fingerprint density at radius 3 is 1.64 bits per heavy atom. The second-order valence-corrected chi connectivity index (χ2v) is 23.2. The molecular weight excluding hydrogens is 810 g/mol. The molecule has 55 heavy (non-hydrogen) atoms. The third-order valence-corrected chi connectivity index (χ3v) is 19.2. The zero-order valence-corrected chi connectivity index (χ0v) is 37.2. The van der Waals surface area contributed by atoms with Gasteiger partial charge in [0.25, 0.3) is 0 Å². The van der Waals surface area contributed by atoms with E-state index in [0.29, 0.717) is 3.63 Å². The molecule has 0 heterocycles. The van der Waals surface area contributed by atoms with Crippen LogP contribution < -0.4 is 28.1 Å². The van der Waals surface area contributed by atoms with Crippen LogP contribution in [0.5, 0.6) is 0 Å². The predicted molar refractivity (Wildman–Crippen MR) is 226 cm³/mol. The van der Waals surface area contributed by atoms with E-state index >= 15 is 0 Å². The molecule has 0 unspecified atom stereocenters. The minimum atomic E-state index is -3.03. The molecule has 0 atom stereocenters. The van der Waals surface area contributed by atoms with Crippen LogP contribution in [0.25, 0.3) is 33.4 Å². The fourth-order valence-electron chi connectivity index (χ4n) is 8.43. The van der Waals surface area contributed by atoms with E-state index in [-0.39, 0.29) is 35.6 Å². The second-order valence-electron chi connectivity index (χ2n) is 16.6. The summed E-state index contributed by atoms with van der Waals surface area (Å²) in [6.07, 6.45) is 10.5. The zero-order valence-electron chi connectivity index (χ0n) is 32.4. The van der Waals surface area contributed by atoms with Gasteiger partial charge in [-0.25, -0.2) is 0 Å². The smallest absolute Gasteiger partial charge is 1.00 e. The van der Waals surface area contributed by atoms with E-state index in [1.165, 1.54) is 70.0 Å². The maximum Gasteiger partial charge on any atom is -1.00 e. The first-order valence-electron chi connectivity index (χ1n) is 18.9. The summed E-state index contributed by atoms with van der Waals surface area (Å²) in [7, 11) is 0. The first kappa shape index (κ1) is 41.1. The second kappa shape index (κ2) is 16.5. The van der Waals surface area contributed by atoms with Gasteiger partial charge in [0.05, 0.1) is 0 Å². The average Bonchev–Trinajstić information content (AvgIpc) is 3.82. The van der Waals surface area contributed by atoms with Crippen LogP contribution in [0.15, 0.2) is 158 Å². The molecule has 0 aromatic heterocycles. The molecular formula is C51H47Cl3Zr. The van der Waals surface area contributed by atoms with Gasteiger partial charge < -0.3 is 24.8 Å². The summed E-state index contributed by atoms with van der Waals surface area (Å²) in [6.45, 7) is 14.3. The van der Waals surface area contributed by atoms with Gasteiger partial charge in [0.1, 0.15) is 0 Å². The Morgan fingerprint density at radius 2 is 1.07 bits per heavy atom. The Labute approximate surface area is 353 Å². The minimum absolute atomic E-state index is 0. The Balaban J connectivity index is 0.00000257. The normalized spacial score (nSPS) is 13.5. The predicted octanol–water partition coefficient (Wildman–Crippen LogP) is 7.28. The van der Waals surface area contributed by atoms with Crippen LogP contribution in [0.4, 0.5) is 0 Å². The van der Waals surface area contributed by atoms with Crippen molar-refractivity contribution in [3.05, 3.63) is 196 Å². The molecule has 2 aliphatic carbocycles. The Hall–Kier alpha value is -3.58. The van der Waals surface area contributed by atoms with Crippen LogP contribution in [0, 0.1) is 0 Å². The first-order chi connectivity index (χ1) is 25.5. The zero-order chi connectivity index (χ0) is 36.9. The van der Waals surface area contributed by atoms with E-state index in [0.717, 1.165) is 11.4 Å². The molecule has 6 aromatic rings. The summed E-state index contributed by atoms with van der Waals surface area (Å²) in [4.78, 5) is 0. The van der Waals surface area contributed by atoms with Crippen molar-refractivity contribution in [3.63, 3.8) is 0 Å². The molecule has 2 aliphatic rings. The molecule has 6 aromatic carbocycles. The maximum atomic E-state index is 6.58. The summed E-state index contributed by atoms with van der Waals surface area (Å²) in [5, 5.41) is 0.770. The largest absolute Gasteiger partial charge is 1.00 e. The van der Waals surface area contributed by atoms with E-state index in [4.69, 9.17) is 11.6 Å². The quantitative estimate of drug-likeness (QED) is 0.165. The van der Waals surface area contributed by atoms with Gasteiger partial charge in [-0.05, 0) is 0 Å². The first-order valence-corrected chi connectivity index (χ1v) is 23.1. The summed E-state index contributed by atoms with van der Waals surface area (Å²) in [5.41, 5.74) is 16.5. The van der Waals surface area contributed by atoms with Crippen molar-refractivity contribution in [2.45, 2.75) is 62.4 Å². The molecule has 0 saturated heterocycles. The monoisotopic (exact) mass is 854 g/mol. The summed E-state index contributed by atoms with van der Waals surface area (Å²) < 4.78 is 3.51. The van der Waals surface area contributed by atoms with Crippen molar-refractivity contribution < 1.29 is 46.1 Å². The average molecular weight is 858 g/mol.